The van der Waals surface area contributed by atoms with Gasteiger partial charge in [-0.1, -0.05) is 35.9 Å². The number of aliphatic imine (C=N–C) groups is 1. The SMILES string of the molecule is NC(=O)C=Cc1ccc(N=C2C(=O)NC(=O)C2c2ccc(Cl)cc2)cc1. The second kappa shape index (κ2) is 7.33. The number of amides is 3. The molecule has 1 fully saturated rings. The first-order valence-corrected chi connectivity index (χ1v) is 8.08. The average Bonchev–Trinajstić information content (AvgIpc) is 2.88. The van der Waals surface area contributed by atoms with Crippen LogP contribution in [-0.2, 0) is 14.4 Å². The Balaban J connectivity index is 1.92. The number of primary amides is 1. The maximum atomic E-state index is 12.2. The lowest BCUT2D eigenvalue weighted by atomic mass is 9.96. The lowest BCUT2D eigenvalue weighted by Crippen LogP contribution is -2.22. The fraction of sp³-hybridized carbons (Fsp3) is 0.0526. The predicted octanol–water partition coefficient (Wildman–Crippen LogP) is 2.35. The number of benzene rings is 2. The maximum absolute atomic E-state index is 12.2. The molecule has 1 heterocycles. The molecule has 3 rings (SSSR count). The fourth-order valence-corrected chi connectivity index (χ4v) is 2.69. The summed E-state index contributed by atoms with van der Waals surface area (Å²) in [5.41, 5.74) is 7.09. The summed E-state index contributed by atoms with van der Waals surface area (Å²) in [6.45, 7) is 0. The van der Waals surface area contributed by atoms with Crippen molar-refractivity contribution in [3.63, 3.8) is 0 Å². The molecule has 1 aliphatic rings. The number of carbonyl (C=O) groups excluding carboxylic acids is 3. The first-order chi connectivity index (χ1) is 12.4. The second-order valence-electron chi connectivity index (χ2n) is 5.63. The minimum Gasteiger partial charge on any atom is -0.366 e. The fourth-order valence-electron chi connectivity index (χ4n) is 2.56. The quantitative estimate of drug-likeness (QED) is 0.640. The zero-order chi connectivity index (χ0) is 18.7. The van der Waals surface area contributed by atoms with Gasteiger partial charge >= 0.3 is 0 Å². The summed E-state index contributed by atoms with van der Waals surface area (Å²) in [6.07, 6.45) is 2.82. The van der Waals surface area contributed by atoms with E-state index in [1.54, 1.807) is 54.6 Å². The van der Waals surface area contributed by atoms with Gasteiger partial charge in [-0.05, 0) is 41.5 Å². The number of imide groups is 1. The molecule has 1 atom stereocenters. The van der Waals surface area contributed by atoms with Crippen molar-refractivity contribution >= 4 is 46.8 Å². The number of hydrogen-bond acceptors (Lipinski definition) is 4. The molecule has 2 aromatic carbocycles. The van der Waals surface area contributed by atoms with Crippen molar-refractivity contribution in [1.82, 2.24) is 5.32 Å². The molecule has 6 nitrogen and oxygen atoms in total. The highest BCUT2D eigenvalue weighted by Gasteiger charge is 2.39. The molecule has 130 valence electrons. The third-order valence-corrected chi connectivity index (χ3v) is 4.04. The molecule has 2 aromatic rings. The summed E-state index contributed by atoms with van der Waals surface area (Å²) in [4.78, 5) is 39.4. The monoisotopic (exact) mass is 367 g/mol. The van der Waals surface area contributed by atoms with Gasteiger partial charge in [-0.25, -0.2) is 4.99 Å². The second-order valence-corrected chi connectivity index (χ2v) is 6.06. The molecule has 1 saturated heterocycles. The van der Waals surface area contributed by atoms with E-state index >= 15 is 0 Å². The largest absolute Gasteiger partial charge is 0.366 e. The van der Waals surface area contributed by atoms with E-state index in [1.807, 2.05) is 0 Å². The van der Waals surface area contributed by atoms with Gasteiger partial charge in [-0.15, -0.1) is 0 Å². The maximum Gasteiger partial charge on any atom is 0.273 e. The van der Waals surface area contributed by atoms with Crippen LogP contribution in [0.25, 0.3) is 6.08 Å². The van der Waals surface area contributed by atoms with Gasteiger partial charge in [0.2, 0.25) is 11.8 Å². The van der Waals surface area contributed by atoms with Crippen LogP contribution in [-0.4, -0.2) is 23.4 Å². The van der Waals surface area contributed by atoms with E-state index in [1.165, 1.54) is 6.08 Å². The Morgan fingerprint density at radius 3 is 2.35 bits per heavy atom. The molecule has 7 heteroatoms. The van der Waals surface area contributed by atoms with Crippen LogP contribution in [0.15, 0.2) is 59.6 Å². The summed E-state index contributed by atoms with van der Waals surface area (Å²) in [5, 5.41) is 2.83. The first-order valence-electron chi connectivity index (χ1n) is 7.71. The topological polar surface area (TPSA) is 102 Å². The predicted molar refractivity (Wildman–Crippen MR) is 99.1 cm³/mol. The molecule has 3 amide bonds. The highest BCUT2D eigenvalue weighted by Crippen LogP contribution is 2.26. The van der Waals surface area contributed by atoms with Gasteiger partial charge < -0.3 is 5.73 Å². The van der Waals surface area contributed by atoms with E-state index in [2.05, 4.69) is 10.3 Å². The third kappa shape index (κ3) is 3.87. The highest BCUT2D eigenvalue weighted by molar-refractivity contribution is 6.52. The van der Waals surface area contributed by atoms with Crippen LogP contribution in [0.4, 0.5) is 5.69 Å². The molecule has 1 aliphatic heterocycles. The van der Waals surface area contributed by atoms with Crippen LogP contribution < -0.4 is 11.1 Å². The van der Waals surface area contributed by atoms with Crippen molar-refractivity contribution in [3.05, 3.63) is 70.8 Å². The lowest BCUT2D eigenvalue weighted by Gasteiger charge is -2.08. The van der Waals surface area contributed by atoms with E-state index < -0.39 is 23.6 Å². The molecule has 1 unspecified atom stereocenters. The number of carbonyl (C=O) groups is 3. The minimum absolute atomic E-state index is 0.123. The van der Waals surface area contributed by atoms with Gasteiger partial charge in [0.15, 0.2) is 0 Å². The molecular weight excluding hydrogens is 354 g/mol. The van der Waals surface area contributed by atoms with Gasteiger partial charge in [0.25, 0.3) is 5.91 Å². The van der Waals surface area contributed by atoms with Crippen molar-refractivity contribution < 1.29 is 14.4 Å². The van der Waals surface area contributed by atoms with Crippen LogP contribution >= 0.6 is 11.6 Å². The summed E-state index contributed by atoms with van der Waals surface area (Å²) in [5.74, 6) is -2.26. The zero-order valence-electron chi connectivity index (χ0n) is 13.5. The van der Waals surface area contributed by atoms with Crippen LogP contribution in [0, 0.1) is 0 Å². The van der Waals surface area contributed by atoms with Crippen LogP contribution in [0.3, 0.4) is 0 Å². The van der Waals surface area contributed by atoms with Gasteiger partial charge in [0.1, 0.15) is 11.6 Å². The Labute approximate surface area is 154 Å². The van der Waals surface area contributed by atoms with Gasteiger partial charge in [-0.3, -0.25) is 19.7 Å². The van der Waals surface area contributed by atoms with E-state index in [4.69, 9.17) is 17.3 Å². The van der Waals surface area contributed by atoms with E-state index in [0.717, 1.165) is 5.56 Å². The third-order valence-electron chi connectivity index (χ3n) is 3.79. The van der Waals surface area contributed by atoms with E-state index in [9.17, 15) is 14.4 Å². The Morgan fingerprint density at radius 1 is 1.08 bits per heavy atom. The Morgan fingerprint density at radius 2 is 1.73 bits per heavy atom. The zero-order valence-corrected chi connectivity index (χ0v) is 14.2. The summed E-state index contributed by atoms with van der Waals surface area (Å²) in [7, 11) is 0. The van der Waals surface area contributed by atoms with Crippen molar-refractivity contribution in [2.75, 3.05) is 0 Å². The van der Waals surface area contributed by atoms with Gasteiger partial charge in [0, 0.05) is 11.1 Å². The van der Waals surface area contributed by atoms with Crippen molar-refractivity contribution in [2.45, 2.75) is 5.92 Å². The van der Waals surface area contributed by atoms with Crippen LogP contribution in [0.2, 0.25) is 5.02 Å². The number of halogens is 1. The Kier molecular flexibility index (Phi) is 4.95. The number of nitrogens with zero attached hydrogens (tertiary/aromatic N) is 1. The molecule has 0 saturated carbocycles. The summed E-state index contributed by atoms with van der Waals surface area (Å²) in [6, 6.07) is 13.5. The van der Waals surface area contributed by atoms with Crippen molar-refractivity contribution in [2.24, 2.45) is 10.7 Å². The van der Waals surface area contributed by atoms with Crippen LogP contribution in [0.5, 0.6) is 0 Å². The average molecular weight is 368 g/mol. The van der Waals surface area contributed by atoms with Gasteiger partial charge in [-0.2, -0.15) is 0 Å². The molecule has 3 N–H and O–H groups in total. The molecule has 26 heavy (non-hydrogen) atoms. The summed E-state index contributed by atoms with van der Waals surface area (Å²) >= 11 is 5.88. The van der Waals surface area contributed by atoms with Gasteiger partial charge in [0.05, 0.1) is 5.69 Å². The number of rotatable bonds is 4. The van der Waals surface area contributed by atoms with Crippen molar-refractivity contribution in [1.29, 1.82) is 0 Å². The summed E-state index contributed by atoms with van der Waals surface area (Å²) < 4.78 is 0. The highest BCUT2D eigenvalue weighted by atomic mass is 35.5. The molecule has 0 radical (unpaired) electrons. The normalized spacial score (nSPS) is 18.5. The smallest absolute Gasteiger partial charge is 0.273 e. The van der Waals surface area contributed by atoms with Crippen LogP contribution in [0.1, 0.15) is 17.0 Å². The molecule has 0 aromatic heterocycles. The van der Waals surface area contributed by atoms with Crippen molar-refractivity contribution in [3.8, 4) is 0 Å². The minimum atomic E-state index is -0.783. The molecule has 0 bridgehead atoms. The number of nitrogens with one attached hydrogen (secondary N) is 1. The standard InChI is InChI=1S/C19H14ClN3O3/c20-13-6-4-12(5-7-13)16-17(19(26)23-18(16)25)22-14-8-1-11(2-9-14)3-10-15(21)24/h1-10,16H,(H2,21,24)(H,23,25,26). The molecule has 0 spiro atoms. The molecular formula is C19H14ClN3O3. The Hall–Kier alpha value is -3.25. The number of nitrogens with two attached hydrogens (primary N) is 1. The number of hydrogen-bond donors (Lipinski definition) is 2. The lowest BCUT2D eigenvalue weighted by molar-refractivity contribution is -0.124. The van der Waals surface area contributed by atoms with E-state index in [-0.39, 0.29) is 5.71 Å². The Bertz CT molecular complexity index is 932. The first kappa shape index (κ1) is 17.6. The van der Waals surface area contributed by atoms with E-state index in [0.29, 0.717) is 16.3 Å². The molecule has 0 aliphatic carbocycles.